The fraction of sp³-hybridized carbons (Fsp3) is 0. The van der Waals surface area contributed by atoms with E-state index in [-0.39, 0.29) is 3.85 Å². The Morgan fingerprint density at radius 1 is 1.80 bits per heavy atom. The van der Waals surface area contributed by atoms with Crippen LogP contribution in [-0.2, 0) is 7.48 Å². The van der Waals surface area contributed by atoms with Gasteiger partial charge in [0.15, 0.2) is 0 Å². The van der Waals surface area contributed by atoms with Gasteiger partial charge in [-0.1, -0.05) is 0 Å². The van der Waals surface area contributed by atoms with Crippen molar-refractivity contribution >= 4 is 27.0 Å². The summed E-state index contributed by atoms with van der Waals surface area (Å²) in [7, 11) is 0. The Morgan fingerprint density at radius 3 is 2.00 bits per heavy atom. The Balaban J connectivity index is 3.20. The van der Waals surface area contributed by atoms with E-state index in [4.69, 9.17) is 7.85 Å². The predicted molar refractivity (Wildman–Crippen MR) is 15.4 cm³/mol. The van der Waals surface area contributed by atoms with Crippen molar-refractivity contribution in [3.63, 3.8) is 0 Å². The van der Waals surface area contributed by atoms with Crippen LogP contribution in [0.4, 0.5) is 0 Å². The minimum atomic E-state index is -3.63. The fourth-order valence-corrected chi connectivity index (χ4v) is 0. The van der Waals surface area contributed by atoms with Gasteiger partial charge in [-0.25, -0.2) is 0 Å². The van der Waals surface area contributed by atoms with E-state index in [0.29, 0.717) is 0 Å². The van der Waals surface area contributed by atoms with Crippen LogP contribution in [0, 0.1) is 0 Å². The van der Waals surface area contributed by atoms with Crippen LogP contribution in [0.25, 0.3) is 0 Å². The molecule has 0 aliphatic heterocycles. The molecule has 5 heavy (non-hydrogen) atoms. The predicted octanol–water partition coefficient (Wildman–Crippen LogP) is -1.33. The van der Waals surface area contributed by atoms with Gasteiger partial charge in [-0.15, -0.1) is 0 Å². The first-order valence-corrected chi connectivity index (χ1v) is 6.52. The SMILES string of the molecule is O=[CH][Pb](=[O])[OH]. The Labute approximate surface area is 37.9 Å². The van der Waals surface area contributed by atoms with Crippen molar-refractivity contribution in [1.82, 2.24) is 0 Å². The molecular weight excluding hydrogens is 267 g/mol. The van der Waals surface area contributed by atoms with E-state index in [0.717, 1.165) is 0 Å². The summed E-state index contributed by atoms with van der Waals surface area (Å²) >= 11 is -3.63. The first-order valence-electron chi connectivity index (χ1n) is 0.952. The quantitative estimate of drug-likeness (QED) is 0.474. The van der Waals surface area contributed by atoms with Gasteiger partial charge in [-0.3, -0.25) is 0 Å². The molecule has 0 bridgehead atoms. The third-order valence-corrected chi connectivity index (χ3v) is 0.885. The molecule has 28 valence electrons. The monoisotopic (exact) mass is 270 g/mol. The van der Waals surface area contributed by atoms with Gasteiger partial charge in [0.1, 0.15) is 0 Å². The second-order valence-corrected chi connectivity index (χ2v) is 4.00. The van der Waals surface area contributed by atoms with E-state index in [9.17, 15) is 2.69 Å². The van der Waals surface area contributed by atoms with Crippen LogP contribution >= 0.6 is 0 Å². The Morgan fingerprint density at radius 2 is 2.00 bits per heavy atom. The second kappa shape index (κ2) is 2.58. The van der Waals surface area contributed by atoms with Gasteiger partial charge in [-0.05, 0) is 0 Å². The number of rotatable bonds is 1. The summed E-state index contributed by atoms with van der Waals surface area (Å²) in [6.07, 6.45) is 0. The van der Waals surface area contributed by atoms with Gasteiger partial charge in [-0.2, -0.15) is 0 Å². The van der Waals surface area contributed by atoms with E-state index < -0.39 is 23.2 Å². The normalized spacial score (nSPS) is 6.60. The van der Waals surface area contributed by atoms with Crippen molar-refractivity contribution in [1.29, 1.82) is 0 Å². The van der Waals surface area contributed by atoms with Crippen LogP contribution in [0.3, 0.4) is 0 Å². The molecule has 0 heterocycles. The van der Waals surface area contributed by atoms with Crippen LogP contribution in [0.15, 0.2) is 0 Å². The zero-order valence-electron chi connectivity index (χ0n) is 2.34. The molecule has 0 radical (unpaired) electrons. The maximum absolute atomic E-state index is 9.30. The molecule has 4 heteroatoms. The molecule has 0 aromatic carbocycles. The van der Waals surface area contributed by atoms with Crippen LogP contribution in [0.1, 0.15) is 0 Å². The second-order valence-electron chi connectivity index (χ2n) is 0.456. The van der Waals surface area contributed by atoms with E-state index in [1.165, 1.54) is 0 Å². The first kappa shape index (κ1) is 5.35. The van der Waals surface area contributed by atoms with Gasteiger partial charge < -0.3 is 0 Å². The van der Waals surface area contributed by atoms with Crippen molar-refractivity contribution < 1.29 is 10.5 Å². The zero-order chi connectivity index (χ0) is 4.28. The fourth-order valence-electron chi connectivity index (χ4n) is 0. The molecule has 0 saturated carbocycles. The van der Waals surface area contributed by atoms with Crippen molar-refractivity contribution in [2.75, 3.05) is 0 Å². The number of hydrogen-bond acceptors (Lipinski definition) is 2. The summed E-state index contributed by atoms with van der Waals surface area (Å²) in [5.41, 5.74) is 0. The molecule has 0 saturated heterocycles. The minimum absolute atomic E-state index is 0.130. The number of hydrogen-bond donors (Lipinski definition) is 1. The molecule has 0 rings (SSSR count). The zero-order valence-corrected chi connectivity index (χ0v) is 6.23. The Hall–Kier alpha value is 0.352. The van der Waals surface area contributed by atoms with Gasteiger partial charge >= 0.3 is 37.6 Å². The number of carbonyl (C=O) groups is 1. The van der Waals surface area contributed by atoms with Crippen molar-refractivity contribution in [2.45, 2.75) is 0 Å². The third kappa shape index (κ3) is 4.35. The standard InChI is InChI=1S/CHO.H2O.O.Pb/c1-2;;;/h1H;1H2;;/q;;;+1/p-1. The molecule has 1 N–H and O–H groups in total. The van der Waals surface area contributed by atoms with Crippen molar-refractivity contribution in [2.24, 2.45) is 0 Å². The topological polar surface area (TPSA) is 54.4 Å². The molecule has 0 aromatic rings. The molecule has 0 fully saturated rings. The van der Waals surface area contributed by atoms with Gasteiger partial charge in [0.05, 0.1) is 0 Å². The Bertz CT molecular complexity index is 57.9. The molecule has 0 unspecified atom stereocenters. The maximum atomic E-state index is 9.30. The molecule has 0 amide bonds. The van der Waals surface area contributed by atoms with Crippen molar-refractivity contribution in [3.05, 3.63) is 0 Å². The van der Waals surface area contributed by atoms with E-state index in [1.54, 1.807) is 0 Å². The van der Waals surface area contributed by atoms with Crippen LogP contribution in [-0.4, -0.2) is 30.1 Å². The molecule has 0 spiro atoms. The number of carbonyl (C=O) groups excluding carboxylic acids is 1. The Kier molecular flexibility index (Phi) is 2.76. The summed E-state index contributed by atoms with van der Waals surface area (Å²) in [5.74, 6) is 0. The summed E-state index contributed by atoms with van der Waals surface area (Å²) in [6.45, 7) is 0. The molecule has 3 nitrogen and oxygen atoms in total. The molecule has 0 aliphatic carbocycles. The van der Waals surface area contributed by atoms with Crippen LogP contribution in [0.5, 0.6) is 0 Å². The average Bonchev–Trinajstić information content (AvgIpc) is 1.38. The molecule has 0 aromatic heterocycles. The average molecular weight is 269 g/mol. The third-order valence-electron chi connectivity index (χ3n) is 0.101. The van der Waals surface area contributed by atoms with Crippen molar-refractivity contribution in [3.8, 4) is 0 Å². The summed E-state index contributed by atoms with van der Waals surface area (Å²) < 4.78 is 17.1. The van der Waals surface area contributed by atoms with E-state index in [1.807, 2.05) is 0 Å². The van der Waals surface area contributed by atoms with Gasteiger partial charge in [0, 0.05) is 0 Å². The van der Waals surface area contributed by atoms with E-state index in [2.05, 4.69) is 0 Å². The van der Waals surface area contributed by atoms with Gasteiger partial charge in [0.25, 0.3) is 0 Å². The summed E-state index contributed by atoms with van der Waals surface area (Å²) in [4.78, 5) is 9.04. The van der Waals surface area contributed by atoms with Crippen LogP contribution in [0.2, 0.25) is 0 Å². The van der Waals surface area contributed by atoms with Gasteiger partial charge in [0.2, 0.25) is 0 Å². The van der Waals surface area contributed by atoms with E-state index >= 15 is 0 Å². The molecule has 0 atom stereocenters. The first-order chi connectivity index (χ1) is 2.27. The summed E-state index contributed by atoms with van der Waals surface area (Å²) in [6, 6.07) is 0. The molecule has 0 aliphatic rings. The van der Waals surface area contributed by atoms with Crippen LogP contribution < -0.4 is 0 Å². The summed E-state index contributed by atoms with van der Waals surface area (Å²) in [5, 5.41) is 0. The molecular formula is CH2O3Pb.